The summed E-state index contributed by atoms with van der Waals surface area (Å²) in [4.78, 5) is 16.3. The Hall–Kier alpha value is -2.67. The van der Waals surface area contributed by atoms with E-state index >= 15 is 0 Å². The SMILES string of the molecule is Cc1cc(NC(=O)c2cc(Nc3ccc(Br)cc3)ccn2)no1. The number of hydrogen-bond acceptors (Lipinski definition) is 5. The van der Waals surface area contributed by atoms with E-state index in [1.807, 2.05) is 24.3 Å². The Morgan fingerprint density at radius 2 is 1.91 bits per heavy atom. The molecule has 0 unspecified atom stereocenters. The summed E-state index contributed by atoms with van der Waals surface area (Å²) < 4.78 is 5.91. The first-order chi connectivity index (χ1) is 11.1. The van der Waals surface area contributed by atoms with Gasteiger partial charge in [0.15, 0.2) is 5.82 Å². The van der Waals surface area contributed by atoms with Crippen molar-refractivity contribution in [1.82, 2.24) is 10.1 Å². The van der Waals surface area contributed by atoms with Crippen molar-refractivity contribution >= 4 is 39.0 Å². The zero-order chi connectivity index (χ0) is 16.2. The molecule has 3 rings (SSSR count). The largest absolute Gasteiger partial charge is 0.360 e. The first kappa shape index (κ1) is 15.2. The average Bonchev–Trinajstić information content (AvgIpc) is 2.95. The van der Waals surface area contributed by atoms with Crippen molar-refractivity contribution in [2.45, 2.75) is 6.92 Å². The third kappa shape index (κ3) is 3.95. The topological polar surface area (TPSA) is 80.0 Å². The van der Waals surface area contributed by atoms with Gasteiger partial charge < -0.3 is 15.2 Å². The van der Waals surface area contributed by atoms with Crippen molar-refractivity contribution in [2.75, 3.05) is 10.6 Å². The second-order valence-electron chi connectivity index (χ2n) is 4.84. The first-order valence-corrected chi connectivity index (χ1v) is 7.63. The van der Waals surface area contributed by atoms with Gasteiger partial charge in [-0.3, -0.25) is 9.78 Å². The Morgan fingerprint density at radius 3 is 2.61 bits per heavy atom. The van der Waals surface area contributed by atoms with Crippen molar-refractivity contribution in [2.24, 2.45) is 0 Å². The van der Waals surface area contributed by atoms with E-state index in [4.69, 9.17) is 4.52 Å². The van der Waals surface area contributed by atoms with Crippen LogP contribution in [0, 0.1) is 6.92 Å². The van der Waals surface area contributed by atoms with Crippen molar-refractivity contribution in [3.63, 3.8) is 0 Å². The summed E-state index contributed by atoms with van der Waals surface area (Å²) in [6.45, 7) is 1.75. The minimum atomic E-state index is -0.349. The lowest BCUT2D eigenvalue weighted by Gasteiger charge is -2.08. The van der Waals surface area contributed by atoms with Crippen LogP contribution < -0.4 is 10.6 Å². The zero-order valence-corrected chi connectivity index (χ0v) is 13.8. The molecule has 2 heterocycles. The van der Waals surface area contributed by atoms with Gasteiger partial charge in [-0.1, -0.05) is 21.1 Å². The molecule has 0 aliphatic rings. The molecule has 0 aliphatic heterocycles. The smallest absolute Gasteiger partial charge is 0.275 e. The highest BCUT2D eigenvalue weighted by Crippen LogP contribution is 2.19. The van der Waals surface area contributed by atoms with E-state index in [2.05, 4.69) is 36.7 Å². The van der Waals surface area contributed by atoms with Crippen LogP contribution in [0.25, 0.3) is 0 Å². The van der Waals surface area contributed by atoms with Gasteiger partial charge in [-0.15, -0.1) is 0 Å². The molecule has 0 fully saturated rings. The van der Waals surface area contributed by atoms with Gasteiger partial charge in [0.2, 0.25) is 0 Å². The quantitative estimate of drug-likeness (QED) is 0.719. The number of pyridine rings is 1. The van der Waals surface area contributed by atoms with Crippen LogP contribution in [0.4, 0.5) is 17.2 Å². The predicted molar refractivity (Wildman–Crippen MR) is 90.9 cm³/mol. The highest BCUT2D eigenvalue weighted by Gasteiger charge is 2.11. The number of aryl methyl sites for hydroxylation is 1. The van der Waals surface area contributed by atoms with Gasteiger partial charge in [-0.25, -0.2) is 0 Å². The maximum Gasteiger partial charge on any atom is 0.275 e. The Labute approximate surface area is 141 Å². The standard InChI is InChI=1S/C16H13BrN4O2/c1-10-8-15(21-23-10)20-16(22)14-9-13(6-7-18-14)19-12-4-2-11(17)3-5-12/h2-9H,1H3,(H,18,19)(H,20,21,22). The number of hydrogen-bond donors (Lipinski definition) is 2. The van der Waals surface area contributed by atoms with E-state index in [9.17, 15) is 4.79 Å². The van der Waals surface area contributed by atoms with Gasteiger partial charge >= 0.3 is 0 Å². The summed E-state index contributed by atoms with van der Waals surface area (Å²) in [5, 5.41) is 9.58. The number of nitrogens with one attached hydrogen (secondary N) is 2. The molecule has 1 aromatic carbocycles. The Bertz CT molecular complexity index is 830. The van der Waals surface area contributed by atoms with E-state index in [0.717, 1.165) is 15.8 Å². The monoisotopic (exact) mass is 372 g/mol. The Kier molecular flexibility index (Phi) is 4.38. The van der Waals surface area contributed by atoms with Crippen LogP contribution in [0.5, 0.6) is 0 Å². The number of rotatable bonds is 4. The molecule has 1 amide bonds. The lowest BCUT2D eigenvalue weighted by Crippen LogP contribution is -2.14. The summed E-state index contributed by atoms with van der Waals surface area (Å²) in [7, 11) is 0. The lowest BCUT2D eigenvalue weighted by atomic mass is 10.2. The maximum atomic E-state index is 12.2. The molecular weight excluding hydrogens is 360 g/mol. The van der Waals surface area contributed by atoms with Crippen LogP contribution in [0.1, 0.15) is 16.2 Å². The minimum Gasteiger partial charge on any atom is -0.360 e. The summed E-state index contributed by atoms with van der Waals surface area (Å²) in [5.41, 5.74) is 1.97. The number of halogens is 1. The highest BCUT2D eigenvalue weighted by molar-refractivity contribution is 9.10. The van der Waals surface area contributed by atoms with Crippen LogP contribution in [0.15, 0.2) is 57.7 Å². The number of nitrogens with zero attached hydrogens (tertiary/aromatic N) is 2. The molecule has 0 radical (unpaired) electrons. The molecule has 0 bridgehead atoms. The van der Waals surface area contributed by atoms with Gasteiger partial charge in [0.05, 0.1) is 0 Å². The summed E-state index contributed by atoms with van der Waals surface area (Å²) in [6.07, 6.45) is 1.57. The molecule has 0 spiro atoms. The highest BCUT2D eigenvalue weighted by atomic mass is 79.9. The molecule has 0 aliphatic carbocycles. The van der Waals surface area contributed by atoms with Crippen molar-refractivity contribution < 1.29 is 9.32 Å². The fourth-order valence-electron chi connectivity index (χ4n) is 1.94. The fraction of sp³-hybridized carbons (Fsp3) is 0.0625. The summed E-state index contributed by atoms with van der Waals surface area (Å²) >= 11 is 3.39. The molecule has 3 aromatic rings. The fourth-order valence-corrected chi connectivity index (χ4v) is 2.20. The number of amides is 1. The predicted octanol–water partition coefficient (Wildman–Crippen LogP) is 4.14. The average molecular weight is 373 g/mol. The summed E-state index contributed by atoms with van der Waals surface area (Å²) in [5.74, 6) is 0.636. The molecule has 6 nitrogen and oxygen atoms in total. The second kappa shape index (κ2) is 6.62. The van der Waals surface area contributed by atoms with Crippen LogP contribution in [-0.2, 0) is 0 Å². The Balaban J connectivity index is 1.73. The van der Waals surface area contributed by atoms with Crippen LogP contribution in [-0.4, -0.2) is 16.0 Å². The molecule has 2 aromatic heterocycles. The molecule has 0 saturated carbocycles. The van der Waals surface area contributed by atoms with E-state index in [1.165, 1.54) is 0 Å². The molecule has 23 heavy (non-hydrogen) atoms. The van der Waals surface area contributed by atoms with Gasteiger partial charge in [-0.05, 0) is 43.3 Å². The molecule has 0 atom stereocenters. The minimum absolute atomic E-state index is 0.285. The zero-order valence-electron chi connectivity index (χ0n) is 12.2. The molecule has 0 saturated heterocycles. The number of benzene rings is 1. The van der Waals surface area contributed by atoms with Crippen LogP contribution in [0.2, 0.25) is 0 Å². The summed E-state index contributed by atoms with van der Waals surface area (Å²) in [6, 6.07) is 12.8. The van der Waals surface area contributed by atoms with Crippen molar-refractivity contribution in [1.29, 1.82) is 0 Å². The number of carbonyl (C=O) groups excluding carboxylic acids is 1. The normalized spacial score (nSPS) is 10.3. The number of carbonyl (C=O) groups is 1. The van der Waals surface area contributed by atoms with Gasteiger partial charge in [-0.2, -0.15) is 0 Å². The van der Waals surface area contributed by atoms with Crippen molar-refractivity contribution in [3.8, 4) is 0 Å². The van der Waals surface area contributed by atoms with E-state index in [-0.39, 0.29) is 11.6 Å². The van der Waals surface area contributed by atoms with Gasteiger partial charge in [0.1, 0.15) is 11.5 Å². The second-order valence-corrected chi connectivity index (χ2v) is 5.75. The maximum absolute atomic E-state index is 12.2. The van der Waals surface area contributed by atoms with Crippen LogP contribution >= 0.6 is 15.9 Å². The van der Waals surface area contributed by atoms with Crippen LogP contribution in [0.3, 0.4) is 0 Å². The molecule has 116 valence electrons. The number of aromatic nitrogens is 2. The first-order valence-electron chi connectivity index (χ1n) is 6.83. The Morgan fingerprint density at radius 1 is 1.13 bits per heavy atom. The molecule has 7 heteroatoms. The van der Waals surface area contributed by atoms with Crippen molar-refractivity contribution in [3.05, 3.63) is 64.6 Å². The number of anilines is 3. The van der Waals surface area contributed by atoms with E-state index in [1.54, 1.807) is 31.3 Å². The third-order valence-corrected chi connectivity index (χ3v) is 3.52. The van der Waals surface area contributed by atoms with Gasteiger partial charge in [0.25, 0.3) is 5.91 Å². The molecular formula is C16H13BrN4O2. The third-order valence-electron chi connectivity index (χ3n) is 3.00. The van der Waals surface area contributed by atoms with E-state index in [0.29, 0.717) is 11.6 Å². The van der Waals surface area contributed by atoms with E-state index < -0.39 is 0 Å². The molecule has 2 N–H and O–H groups in total. The lowest BCUT2D eigenvalue weighted by molar-refractivity contribution is 0.102. The van der Waals surface area contributed by atoms with Gasteiger partial charge in [0, 0.05) is 28.1 Å².